The topological polar surface area (TPSA) is 87.8 Å². The third-order valence-electron chi connectivity index (χ3n) is 6.56. The normalized spacial score (nSPS) is 22.5. The monoisotopic (exact) mass is 392 g/mol. The van der Waals surface area contributed by atoms with Crippen LogP contribution in [0.15, 0.2) is 45.6 Å². The van der Waals surface area contributed by atoms with E-state index < -0.39 is 0 Å². The van der Waals surface area contributed by atoms with Gasteiger partial charge < -0.3 is 14.6 Å². The van der Waals surface area contributed by atoms with E-state index in [1.807, 2.05) is 24.0 Å². The molecule has 4 heterocycles. The van der Waals surface area contributed by atoms with E-state index in [0.29, 0.717) is 36.1 Å². The Morgan fingerprint density at radius 3 is 2.90 bits per heavy atom. The Bertz CT molecular complexity index is 1010. The summed E-state index contributed by atoms with van der Waals surface area (Å²) in [5.74, 6) is 0.670. The molecule has 1 saturated heterocycles. The fourth-order valence-corrected chi connectivity index (χ4v) is 4.61. The van der Waals surface area contributed by atoms with E-state index in [9.17, 15) is 9.59 Å². The summed E-state index contributed by atoms with van der Waals surface area (Å²) >= 11 is 0. The number of rotatable bonds is 4. The molecule has 2 aliphatic heterocycles. The fourth-order valence-electron chi connectivity index (χ4n) is 4.61. The molecule has 1 spiro atoms. The van der Waals surface area contributed by atoms with E-state index in [1.54, 1.807) is 18.5 Å². The number of likely N-dealkylation sites (tertiary alicyclic amines) is 1. The second-order valence-corrected chi connectivity index (χ2v) is 8.48. The van der Waals surface area contributed by atoms with Gasteiger partial charge in [-0.15, -0.1) is 0 Å². The van der Waals surface area contributed by atoms with Gasteiger partial charge in [-0.2, -0.15) is 0 Å². The van der Waals surface area contributed by atoms with Crippen molar-refractivity contribution in [1.29, 1.82) is 0 Å². The molecule has 3 aliphatic rings. The van der Waals surface area contributed by atoms with Crippen LogP contribution in [0.1, 0.15) is 36.7 Å². The van der Waals surface area contributed by atoms with Crippen LogP contribution in [0.5, 0.6) is 0 Å². The molecule has 2 fully saturated rings. The Morgan fingerprint density at radius 1 is 1.34 bits per heavy atom. The summed E-state index contributed by atoms with van der Waals surface area (Å²) in [6.45, 7) is 4.83. The van der Waals surface area contributed by atoms with E-state index in [4.69, 9.17) is 4.42 Å². The molecule has 1 unspecified atom stereocenters. The SMILES string of the molecule is CC1=CC(C(=O)N2CCC3(CC2)CC3CNC(=O)c2cc3ccncc3o2)=NC1. The van der Waals surface area contributed by atoms with E-state index in [2.05, 4.69) is 15.3 Å². The first-order valence-electron chi connectivity index (χ1n) is 10.2. The van der Waals surface area contributed by atoms with Crippen LogP contribution in [0, 0.1) is 11.3 Å². The Morgan fingerprint density at radius 2 is 2.17 bits per heavy atom. The highest BCUT2D eigenvalue weighted by Crippen LogP contribution is 2.59. The van der Waals surface area contributed by atoms with Crippen molar-refractivity contribution in [3.63, 3.8) is 0 Å². The number of amides is 2. The van der Waals surface area contributed by atoms with E-state index >= 15 is 0 Å². The second kappa shape index (κ2) is 6.83. The Hall–Kier alpha value is -2.96. The summed E-state index contributed by atoms with van der Waals surface area (Å²) in [4.78, 5) is 35.3. The molecule has 0 aromatic carbocycles. The number of piperidine rings is 1. The molecule has 150 valence electrons. The highest BCUT2D eigenvalue weighted by atomic mass is 16.3. The maximum absolute atomic E-state index is 12.6. The first-order valence-corrected chi connectivity index (χ1v) is 10.2. The molecule has 1 N–H and O–H groups in total. The van der Waals surface area contributed by atoms with Gasteiger partial charge in [0.1, 0.15) is 5.71 Å². The quantitative estimate of drug-likeness (QED) is 0.866. The molecule has 5 rings (SSSR count). The smallest absolute Gasteiger partial charge is 0.287 e. The number of furan rings is 1. The van der Waals surface area contributed by atoms with Gasteiger partial charge in [0.05, 0.1) is 12.7 Å². The molecule has 29 heavy (non-hydrogen) atoms. The molecule has 2 aromatic heterocycles. The lowest BCUT2D eigenvalue weighted by atomic mass is 9.90. The van der Waals surface area contributed by atoms with Crippen molar-refractivity contribution in [2.24, 2.45) is 16.3 Å². The molecule has 7 heteroatoms. The van der Waals surface area contributed by atoms with Gasteiger partial charge in [-0.25, -0.2) is 0 Å². The summed E-state index contributed by atoms with van der Waals surface area (Å²) in [6, 6.07) is 3.58. The summed E-state index contributed by atoms with van der Waals surface area (Å²) in [7, 11) is 0. The number of nitrogens with zero attached hydrogens (tertiary/aromatic N) is 3. The van der Waals surface area contributed by atoms with Gasteiger partial charge in [0, 0.05) is 31.2 Å². The van der Waals surface area contributed by atoms with Gasteiger partial charge in [-0.1, -0.05) is 0 Å². The van der Waals surface area contributed by atoms with Crippen molar-refractivity contribution in [1.82, 2.24) is 15.2 Å². The maximum Gasteiger partial charge on any atom is 0.287 e. The molecule has 0 bridgehead atoms. The van der Waals surface area contributed by atoms with Gasteiger partial charge in [0.25, 0.3) is 11.8 Å². The number of hydrogen-bond acceptors (Lipinski definition) is 5. The average Bonchev–Trinajstić information content (AvgIpc) is 3.08. The van der Waals surface area contributed by atoms with E-state index in [-0.39, 0.29) is 17.2 Å². The zero-order valence-corrected chi connectivity index (χ0v) is 16.5. The molecule has 2 amide bonds. The van der Waals surface area contributed by atoms with Crippen LogP contribution < -0.4 is 5.32 Å². The number of nitrogens with one attached hydrogen (secondary N) is 1. The lowest BCUT2D eigenvalue weighted by Gasteiger charge is -2.33. The van der Waals surface area contributed by atoms with Crippen molar-refractivity contribution in [3.8, 4) is 0 Å². The second-order valence-electron chi connectivity index (χ2n) is 8.48. The molecule has 1 atom stereocenters. The number of carbonyl (C=O) groups excluding carboxylic acids is 2. The summed E-state index contributed by atoms with van der Waals surface area (Å²) in [5.41, 5.74) is 2.62. The molecular formula is C22H24N4O3. The number of pyridine rings is 1. The standard InChI is InChI=1S/C22H24N4O3/c1-14-8-17(24-11-14)21(28)26-6-3-22(4-7-26)10-16(22)12-25-20(27)18-9-15-2-5-23-13-19(15)29-18/h2,5,8-9,13,16H,3-4,6-7,10-12H2,1H3,(H,25,27). The number of fused-ring (bicyclic) bond motifs is 1. The van der Waals surface area contributed by atoms with Crippen molar-refractivity contribution < 1.29 is 14.0 Å². The number of aromatic nitrogens is 1. The lowest BCUT2D eigenvalue weighted by molar-refractivity contribution is -0.125. The molecule has 0 radical (unpaired) electrons. The minimum Gasteiger partial charge on any atom is -0.449 e. The Balaban J connectivity index is 1.13. The first kappa shape index (κ1) is 18.1. The average molecular weight is 392 g/mol. The highest BCUT2D eigenvalue weighted by Gasteiger charge is 2.54. The van der Waals surface area contributed by atoms with Crippen LogP contribution in [0.2, 0.25) is 0 Å². The van der Waals surface area contributed by atoms with Crippen LogP contribution in [-0.4, -0.2) is 53.6 Å². The van der Waals surface area contributed by atoms with Crippen molar-refractivity contribution >= 4 is 28.5 Å². The van der Waals surface area contributed by atoms with Gasteiger partial charge in [-0.05, 0) is 61.3 Å². The van der Waals surface area contributed by atoms with Crippen LogP contribution in [-0.2, 0) is 4.79 Å². The summed E-state index contributed by atoms with van der Waals surface area (Å²) < 4.78 is 5.58. The summed E-state index contributed by atoms with van der Waals surface area (Å²) in [5, 5.41) is 3.89. The zero-order chi connectivity index (χ0) is 20.0. The van der Waals surface area contributed by atoms with Crippen molar-refractivity contribution in [2.75, 3.05) is 26.2 Å². The number of carbonyl (C=O) groups is 2. The number of hydrogen-bond donors (Lipinski definition) is 1. The van der Waals surface area contributed by atoms with E-state index in [1.165, 1.54) is 0 Å². The minimum atomic E-state index is -0.183. The molecule has 7 nitrogen and oxygen atoms in total. The van der Waals surface area contributed by atoms with Crippen LogP contribution in [0.25, 0.3) is 11.0 Å². The minimum absolute atomic E-state index is 0.0570. The Labute approximate surface area is 168 Å². The largest absolute Gasteiger partial charge is 0.449 e. The molecule has 1 aliphatic carbocycles. The lowest BCUT2D eigenvalue weighted by Crippen LogP contribution is -2.42. The third kappa shape index (κ3) is 3.34. The van der Waals surface area contributed by atoms with Gasteiger partial charge in [0.15, 0.2) is 11.3 Å². The maximum atomic E-state index is 12.6. The van der Waals surface area contributed by atoms with Gasteiger partial charge >= 0.3 is 0 Å². The van der Waals surface area contributed by atoms with Crippen LogP contribution in [0.4, 0.5) is 0 Å². The predicted octanol–water partition coefficient (Wildman–Crippen LogP) is 2.59. The first-order chi connectivity index (χ1) is 14.0. The van der Waals surface area contributed by atoms with E-state index in [0.717, 1.165) is 43.3 Å². The van der Waals surface area contributed by atoms with Crippen molar-refractivity contribution in [3.05, 3.63) is 41.9 Å². The third-order valence-corrected chi connectivity index (χ3v) is 6.56. The zero-order valence-electron chi connectivity index (χ0n) is 16.5. The Kier molecular flexibility index (Phi) is 4.26. The molecule has 2 aromatic rings. The summed E-state index contributed by atoms with van der Waals surface area (Å²) in [6.07, 6.45) is 8.29. The van der Waals surface area contributed by atoms with Gasteiger partial charge in [0.2, 0.25) is 0 Å². The predicted molar refractivity (Wildman–Crippen MR) is 109 cm³/mol. The molecular weight excluding hydrogens is 368 g/mol. The van der Waals surface area contributed by atoms with Crippen LogP contribution in [0.3, 0.4) is 0 Å². The van der Waals surface area contributed by atoms with Gasteiger partial charge in [-0.3, -0.25) is 19.6 Å². The fraction of sp³-hybridized carbons (Fsp3) is 0.455. The molecule has 1 saturated carbocycles. The number of aliphatic imine (C=N–C) groups is 1. The van der Waals surface area contributed by atoms with Crippen LogP contribution >= 0.6 is 0 Å². The highest BCUT2D eigenvalue weighted by molar-refractivity contribution is 6.44. The van der Waals surface area contributed by atoms with Crippen molar-refractivity contribution in [2.45, 2.75) is 26.2 Å².